The number of hydrogen-bond donors (Lipinski definition) is 3. The van der Waals surface area contributed by atoms with Gasteiger partial charge in [-0.3, -0.25) is 9.59 Å². The van der Waals surface area contributed by atoms with E-state index < -0.39 is 5.97 Å². The lowest BCUT2D eigenvalue weighted by atomic mass is 9.82. The van der Waals surface area contributed by atoms with Crippen molar-refractivity contribution >= 4 is 35.3 Å². The molecule has 47 heavy (non-hydrogen) atoms. The van der Waals surface area contributed by atoms with E-state index in [1.165, 1.54) is 30.0 Å². The predicted octanol–water partition coefficient (Wildman–Crippen LogP) is 5.46. The van der Waals surface area contributed by atoms with Crippen LogP contribution >= 0.6 is 11.8 Å². The van der Waals surface area contributed by atoms with E-state index in [-0.39, 0.29) is 29.7 Å². The van der Waals surface area contributed by atoms with Crippen molar-refractivity contribution in [1.82, 2.24) is 10.2 Å². The van der Waals surface area contributed by atoms with Gasteiger partial charge in [0.15, 0.2) is 0 Å². The van der Waals surface area contributed by atoms with Gasteiger partial charge in [0.1, 0.15) is 12.4 Å². The number of benzene rings is 2. The Labute approximate surface area is 281 Å². The second-order valence-corrected chi connectivity index (χ2v) is 13.0. The smallest absolute Gasteiger partial charge is 0.337 e. The van der Waals surface area contributed by atoms with Crippen LogP contribution < -0.4 is 10.1 Å². The van der Waals surface area contributed by atoms with Gasteiger partial charge in [-0.1, -0.05) is 24.3 Å². The Hall–Kier alpha value is -3.83. The van der Waals surface area contributed by atoms with Crippen LogP contribution in [0.3, 0.4) is 0 Å². The summed E-state index contributed by atoms with van der Waals surface area (Å²) in [7, 11) is 1.34. The molecule has 0 aliphatic carbocycles. The topological polar surface area (TPSA) is 138 Å². The number of allylic oxidation sites excluding steroid dienone is 1. The van der Waals surface area contributed by atoms with Gasteiger partial charge in [-0.05, 0) is 87.3 Å². The van der Waals surface area contributed by atoms with Gasteiger partial charge >= 0.3 is 5.97 Å². The van der Waals surface area contributed by atoms with Gasteiger partial charge in [0, 0.05) is 42.1 Å². The Balaban J connectivity index is 1.15. The van der Waals surface area contributed by atoms with Crippen LogP contribution in [0.4, 0.5) is 0 Å². The van der Waals surface area contributed by atoms with E-state index in [2.05, 4.69) is 33.2 Å². The number of carbonyl (C=O) groups excluding carboxylic acids is 3. The second kappa shape index (κ2) is 17.9. The molecule has 4 rings (SSSR count). The number of aliphatic hydroxyl groups excluding tert-OH is 1. The van der Waals surface area contributed by atoms with Crippen molar-refractivity contribution in [3.8, 4) is 5.75 Å². The highest BCUT2D eigenvalue weighted by Gasteiger charge is 2.43. The van der Waals surface area contributed by atoms with E-state index in [0.717, 1.165) is 25.7 Å². The summed E-state index contributed by atoms with van der Waals surface area (Å²) in [6.45, 7) is 4.76. The van der Waals surface area contributed by atoms with E-state index in [0.29, 0.717) is 79.2 Å². The number of esters is 1. The maximum atomic E-state index is 13.2. The van der Waals surface area contributed by atoms with E-state index >= 15 is 0 Å². The molecule has 254 valence electrons. The third kappa shape index (κ3) is 10.3. The van der Waals surface area contributed by atoms with Crippen LogP contribution in [-0.2, 0) is 25.5 Å². The molecule has 2 fully saturated rings. The van der Waals surface area contributed by atoms with Crippen LogP contribution in [0.15, 0.2) is 59.9 Å². The summed E-state index contributed by atoms with van der Waals surface area (Å²) in [5.41, 5.74) is 3.86. The summed E-state index contributed by atoms with van der Waals surface area (Å²) in [6.07, 6.45) is 4.93. The van der Waals surface area contributed by atoms with Gasteiger partial charge in [0.2, 0.25) is 11.8 Å². The molecular formula is C36H47N3O7S. The van der Waals surface area contributed by atoms with E-state index in [1.54, 1.807) is 38.1 Å². The van der Waals surface area contributed by atoms with Gasteiger partial charge in [0.25, 0.3) is 0 Å². The first-order valence-electron chi connectivity index (χ1n) is 16.2. The molecule has 2 heterocycles. The number of rotatable bonds is 17. The Morgan fingerprint density at radius 3 is 2.34 bits per heavy atom. The fraction of sp³-hybridized carbons (Fsp3) is 0.500. The van der Waals surface area contributed by atoms with Crippen LogP contribution in [0.5, 0.6) is 5.75 Å². The Kier molecular flexibility index (Phi) is 13.7. The molecule has 2 aromatic rings. The molecule has 2 amide bonds. The zero-order valence-corrected chi connectivity index (χ0v) is 28.4. The van der Waals surface area contributed by atoms with Gasteiger partial charge in [-0.2, -0.15) is 0 Å². The number of hydrogen-bond acceptors (Lipinski definition) is 9. The summed E-state index contributed by atoms with van der Waals surface area (Å²) < 4.78 is 15.9. The van der Waals surface area contributed by atoms with Gasteiger partial charge in [-0.15, -0.1) is 11.8 Å². The number of nitrogens with one attached hydrogen (secondary N) is 2. The van der Waals surface area contributed by atoms with Crippen LogP contribution in [-0.4, -0.2) is 90.6 Å². The minimum absolute atomic E-state index is 0.0176. The zero-order chi connectivity index (χ0) is 33.8. The fourth-order valence-electron chi connectivity index (χ4n) is 6.52. The first-order valence-corrected chi connectivity index (χ1v) is 17.4. The zero-order valence-electron chi connectivity index (χ0n) is 27.6. The van der Waals surface area contributed by atoms with Crippen molar-refractivity contribution in [2.24, 2.45) is 0 Å². The summed E-state index contributed by atoms with van der Waals surface area (Å²) >= 11 is 1.46. The third-order valence-electron chi connectivity index (χ3n) is 8.84. The molecule has 2 atom stereocenters. The van der Waals surface area contributed by atoms with Crippen molar-refractivity contribution in [3.63, 3.8) is 0 Å². The first kappa shape index (κ1) is 36.0. The number of aliphatic hydroxyl groups is 1. The molecule has 2 aromatic carbocycles. The second-order valence-electron chi connectivity index (χ2n) is 12.1. The molecule has 2 aliphatic rings. The third-order valence-corrected chi connectivity index (χ3v) is 9.78. The molecule has 2 unspecified atom stereocenters. The Bertz CT molecular complexity index is 1410. The van der Waals surface area contributed by atoms with Gasteiger partial charge in [0.05, 0.1) is 37.4 Å². The highest BCUT2D eigenvalue weighted by Crippen LogP contribution is 2.44. The molecule has 0 radical (unpaired) electrons. The van der Waals surface area contributed by atoms with Crippen LogP contribution in [0.2, 0.25) is 0 Å². The highest BCUT2D eigenvalue weighted by atomic mass is 32.2. The van der Waals surface area contributed by atoms with Gasteiger partial charge in [-0.25, -0.2) is 4.79 Å². The predicted molar refractivity (Wildman–Crippen MR) is 184 cm³/mol. The average Bonchev–Trinajstić information content (AvgIpc) is 3.33. The monoisotopic (exact) mass is 665 g/mol. The Morgan fingerprint density at radius 2 is 1.68 bits per heavy atom. The molecule has 2 aliphatic heterocycles. The number of ether oxygens (including phenoxy) is 3. The quantitative estimate of drug-likeness (QED) is 0.0877. The number of aryl methyl sites for hydroxylation is 1. The summed E-state index contributed by atoms with van der Waals surface area (Å²) in [6, 6.07) is 15.5. The number of piperidine rings is 1. The maximum absolute atomic E-state index is 13.2. The summed E-state index contributed by atoms with van der Waals surface area (Å²) in [4.78, 5) is 39.4. The number of amides is 2. The van der Waals surface area contributed by atoms with E-state index in [4.69, 9.17) is 14.9 Å². The van der Waals surface area contributed by atoms with Crippen molar-refractivity contribution in [2.45, 2.75) is 70.4 Å². The number of nitrogens with zero attached hydrogens (tertiary/aromatic N) is 1. The molecule has 3 N–H and O–H groups in total. The number of thioether (sulfide) groups is 1. The Morgan fingerprint density at radius 1 is 0.979 bits per heavy atom. The number of fused-ring (bicyclic) bond motifs is 2. The van der Waals surface area contributed by atoms with Crippen LogP contribution in [0.1, 0.15) is 73.4 Å². The minimum atomic E-state index is -0.395. The lowest BCUT2D eigenvalue weighted by Crippen LogP contribution is -2.47. The van der Waals surface area contributed by atoms with E-state index in [9.17, 15) is 19.5 Å². The minimum Gasteiger partial charge on any atom is -0.512 e. The summed E-state index contributed by atoms with van der Waals surface area (Å²) in [5.74, 6) is 1.67. The normalized spacial score (nSPS) is 19.1. The molecule has 0 saturated carbocycles. The highest BCUT2D eigenvalue weighted by molar-refractivity contribution is 8.00. The van der Waals surface area contributed by atoms with Crippen molar-refractivity contribution in [1.29, 1.82) is 5.41 Å². The fourth-order valence-corrected chi connectivity index (χ4v) is 7.58. The molecule has 0 aromatic heterocycles. The SMILES string of the molecule is COC(=O)c1ccc(OCCOCCNC(=O)CCc2ccccc2C2CC3CCC(C2)N3C(=O)CSC/C(C(C)=N)=C(\C)O)cc1. The van der Waals surface area contributed by atoms with E-state index in [1.807, 2.05) is 6.07 Å². The standard InChI is InChI=1S/C36H47N3O7S/c1-24(37)33(25(2)40)22-47-23-35(42)39-29-11-12-30(39)21-28(20-29)32-7-5-4-6-26(32)10-15-34(41)38-16-17-45-18-19-46-31-13-8-27(9-14-31)36(43)44-3/h4-9,13-14,28-30,37,40H,10-12,15-23H2,1-3H3,(H,38,41)/b33-25-,37-24?. The summed E-state index contributed by atoms with van der Waals surface area (Å²) in [5, 5.41) is 20.6. The van der Waals surface area contributed by atoms with Crippen molar-refractivity contribution in [3.05, 3.63) is 76.6 Å². The number of methoxy groups -OCH3 is 1. The molecule has 0 spiro atoms. The van der Waals surface area contributed by atoms with Gasteiger partial charge < -0.3 is 34.9 Å². The molecule has 11 heteroatoms. The molecular weight excluding hydrogens is 618 g/mol. The van der Waals surface area contributed by atoms with Crippen molar-refractivity contribution < 1.29 is 33.7 Å². The van der Waals surface area contributed by atoms with Crippen molar-refractivity contribution in [2.75, 3.05) is 45.0 Å². The molecule has 10 nitrogen and oxygen atoms in total. The molecule has 2 saturated heterocycles. The first-order chi connectivity index (χ1) is 22.7. The van der Waals surface area contributed by atoms with Crippen LogP contribution in [0.25, 0.3) is 0 Å². The maximum Gasteiger partial charge on any atom is 0.337 e. The average molecular weight is 666 g/mol. The molecule has 2 bridgehead atoms. The van der Waals surface area contributed by atoms with Crippen LogP contribution in [0, 0.1) is 5.41 Å². The lowest BCUT2D eigenvalue weighted by molar-refractivity contribution is -0.132. The largest absolute Gasteiger partial charge is 0.512 e. The number of carbonyl (C=O) groups is 3. The lowest BCUT2D eigenvalue weighted by Gasteiger charge is -2.40.